The van der Waals surface area contributed by atoms with Gasteiger partial charge in [-0.15, -0.1) is 0 Å². The van der Waals surface area contributed by atoms with E-state index in [0.29, 0.717) is 45.3 Å². The SMILES string of the molecule is CCCCOc1ccc(NC(=O)C(=O)N/N=C\c2cc(Br)c(OCC(=O)Nc3ccc(Br)c(C)c3)c(OC)c2)cc1. The number of methoxy groups -OCH3 is 1. The highest BCUT2D eigenvalue weighted by Crippen LogP contribution is 2.36. The van der Waals surface area contributed by atoms with E-state index < -0.39 is 11.8 Å². The summed E-state index contributed by atoms with van der Waals surface area (Å²) in [6.07, 6.45) is 3.32. The van der Waals surface area contributed by atoms with Crippen molar-refractivity contribution in [3.8, 4) is 17.2 Å². The third kappa shape index (κ3) is 9.90. The maximum absolute atomic E-state index is 12.4. The molecule has 12 heteroatoms. The van der Waals surface area contributed by atoms with E-state index in [1.54, 1.807) is 42.5 Å². The number of ether oxygens (including phenoxy) is 3. The average Bonchev–Trinajstić information content (AvgIpc) is 2.95. The van der Waals surface area contributed by atoms with Crippen LogP contribution < -0.4 is 30.3 Å². The van der Waals surface area contributed by atoms with E-state index in [1.807, 2.05) is 19.1 Å². The Labute approximate surface area is 255 Å². The van der Waals surface area contributed by atoms with Gasteiger partial charge < -0.3 is 24.8 Å². The summed E-state index contributed by atoms with van der Waals surface area (Å²) in [5.41, 5.74) is 4.81. The molecule has 0 fully saturated rings. The van der Waals surface area contributed by atoms with Gasteiger partial charge in [-0.3, -0.25) is 14.4 Å². The van der Waals surface area contributed by atoms with Crippen LogP contribution in [0.25, 0.3) is 0 Å². The average molecular weight is 690 g/mol. The van der Waals surface area contributed by atoms with Gasteiger partial charge in [-0.2, -0.15) is 5.10 Å². The second-order valence-corrected chi connectivity index (χ2v) is 10.4. The van der Waals surface area contributed by atoms with Crippen molar-refractivity contribution < 1.29 is 28.6 Å². The predicted molar refractivity (Wildman–Crippen MR) is 165 cm³/mol. The lowest BCUT2D eigenvalue weighted by Crippen LogP contribution is -2.32. The van der Waals surface area contributed by atoms with Crippen molar-refractivity contribution in [2.75, 3.05) is 31.0 Å². The lowest BCUT2D eigenvalue weighted by atomic mass is 10.2. The van der Waals surface area contributed by atoms with Crippen LogP contribution in [0.15, 0.2) is 68.6 Å². The predicted octanol–water partition coefficient (Wildman–Crippen LogP) is 5.81. The second kappa shape index (κ2) is 15.8. The molecule has 3 amide bonds. The van der Waals surface area contributed by atoms with Crippen LogP contribution in [0.3, 0.4) is 0 Å². The molecule has 0 bridgehead atoms. The van der Waals surface area contributed by atoms with Gasteiger partial charge >= 0.3 is 11.8 Å². The van der Waals surface area contributed by atoms with Crippen LogP contribution in [0.5, 0.6) is 17.2 Å². The Hall–Kier alpha value is -3.90. The number of rotatable bonds is 12. The maximum Gasteiger partial charge on any atom is 0.329 e. The van der Waals surface area contributed by atoms with Crippen LogP contribution in [0, 0.1) is 6.92 Å². The summed E-state index contributed by atoms with van der Waals surface area (Å²) >= 11 is 6.84. The molecule has 41 heavy (non-hydrogen) atoms. The number of halogens is 2. The first kappa shape index (κ1) is 31.6. The Kier molecular flexibility index (Phi) is 12.2. The Morgan fingerprint density at radius 2 is 1.63 bits per heavy atom. The number of aryl methyl sites for hydroxylation is 1. The van der Waals surface area contributed by atoms with E-state index in [9.17, 15) is 14.4 Å². The van der Waals surface area contributed by atoms with Gasteiger partial charge in [0.05, 0.1) is 24.4 Å². The van der Waals surface area contributed by atoms with Crippen LogP contribution in [-0.2, 0) is 14.4 Å². The largest absolute Gasteiger partial charge is 0.494 e. The van der Waals surface area contributed by atoms with E-state index >= 15 is 0 Å². The van der Waals surface area contributed by atoms with Crippen molar-refractivity contribution in [2.45, 2.75) is 26.7 Å². The van der Waals surface area contributed by atoms with Crippen molar-refractivity contribution in [2.24, 2.45) is 5.10 Å². The number of benzene rings is 3. The molecule has 3 rings (SSSR count). The zero-order valence-corrected chi connectivity index (χ0v) is 25.9. The van der Waals surface area contributed by atoms with E-state index in [0.717, 1.165) is 22.9 Å². The first-order chi connectivity index (χ1) is 19.7. The van der Waals surface area contributed by atoms with Gasteiger partial charge in [0.25, 0.3) is 5.91 Å². The molecular formula is C29H30Br2N4O6. The molecule has 0 atom stereocenters. The molecule has 3 N–H and O–H groups in total. The number of hydrogen-bond acceptors (Lipinski definition) is 7. The van der Waals surface area contributed by atoms with Gasteiger partial charge in [0, 0.05) is 15.8 Å². The Bertz CT molecular complexity index is 1410. The highest BCUT2D eigenvalue weighted by Gasteiger charge is 2.15. The van der Waals surface area contributed by atoms with Crippen LogP contribution >= 0.6 is 31.9 Å². The fraction of sp³-hybridized carbons (Fsp3) is 0.241. The Balaban J connectivity index is 1.53. The summed E-state index contributed by atoms with van der Waals surface area (Å²) in [5, 5.41) is 9.14. The van der Waals surface area contributed by atoms with Gasteiger partial charge in [-0.1, -0.05) is 29.3 Å². The minimum atomic E-state index is -0.942. The van der Waals surface area contributed by atoms with Gasteiger partial charge in [-0.05, 0) is 95.0 Å². The van der Waals surface area contributed by atoms with Crippen molar-refractivity contribution in [3.63, 3.8) is 0 Å². The molecule has 0 saturated heterocycles. The molecule has 0 saturated carbocycles. The summed E-state index contributed by atoms with van der Waals surface area (Å²) in [7, 11) is 1.45. The summed E-state index contributed by atoms with van der Waals surface area (Å²) < 4.78 is 18.1. The van der Waals surface area contributed by atoms with Crippen LogP contribution in [0.2, 0.25) is 0 Å². The molecule has 0 aliphatic carbocycles. The molecule has 0 spiro atoms. The van der Waals surface area contributed by atoms with E-state index in [2.05, 4.69) is 59.9 Å². The lowest BCUT2D eigenvalue weighted by Gasteiger charge is -2.14. The van der Waals surface area contributed by atoms with E-state index in [-0.39, 0.29) is 12.5 Å². The molecular weight excluding hydrogens is 660 g/mol. The van der Waals surface area contributed by atoms with E-state index in [4.69, 9.17) is 14.2 Å². The highest BCUT2D eigenvalue weighted by atomic mass is 79.9. The molecule has 0 aliphatic heterocycles. The standard InChI is InChI=1S/C29H30Br2N4O6/c1-4-5-12-40-22-9-6-20(7-10-22)34-28(37)29(38)35-32-16-19-14-24(31)27(25(15-19)39-3)41-17-26(36)33-21-8-11-23(30)18(2)13-21/h6-11,13-16H,4-5,12,17H2,1-3H3,(H,33,36)(H,34,37)(H,35,38)/b32-16-. The molecule has 0 unspecified atom stereocenters. The van der Waals surface area contributed by atoms with Crippen molar-refractivity contribution >= 4 is 67.2 Å². The molecule has 3 aromatic carbocycles. The third-order valence-corrected chi connectivity index (χ3v) is 6.98. The number of nitrogens with zero attached hydrogens (tertiary/aromatic N) is 1. The zero-order valence-electron chi connectivity index (χ0n) is 22.8. The molecule has 0 aliphatic rings. The van der Waals surface area contributed by atoms with Gasteiger partial charge in [0.15, 0.2) is 18.1 Å². The zero-order chi connectivity index (χ0) is 29.8. The molecule has 10 nitrogen and oxygen atoms in total. The van der Waals surface area contributed by atoms with Crippen molar-refractivity contribution in [1.82, 2.24) is 5.43 Å². The number of hydrogen-bond donors (Lipinski definition) is 3. The van der Waals surface area contributed by atoms with Crippen LogP contribution in [-0.4, -0.2) is 44.3 Å². The quantitative estimate of drug-likeness (QED) is 0.0953. The van der Waals surface area contributed by atoms with Gasteiger partial charge in [-0.25, -0.2) is 5.43 Å². The molecule has 216 valence electrons. The first-order valence-electron chi connectivity index (χ1n) is 12.6. The van der Waals surface area contributed by atoms with Crippen LogP contribution in [0.1, 0.15) is 30.9 Å². The first-order valence-corrected chi connectivity index (χ1v) is 14.2. The smallest absolute Gasteiger partial charge is 0.329 e. The van der Waals surface area contributed by atoms with Gasteiger partial charge in [0.2, 0.25) is 0 Å². The number of amides is 3. The molecule has 0 heterocycles. The molecule has 0 radical (unpaired) electrons. The normalized spacial score (nSPS) is 10.7. The highest BCUT2D eigenvalue weighted by molar-refractivity contribution is 9.10. The fourth-order valence-corrected chi connectivity index (χ4v) is 4.21. The number of unbranched alkanes of at least 4 members (excludes halogenated alkanes) is 1. The van der Waals surface area contributed by atoms with Crippen molar-refractivity contribution in [3.05, 3.63) is 74.7 Å². The maximum atomic E-state index is 12.4. The second-order valence-electron chi connectivity index (χ2n) is 8.71. The minimum Gasteiger partial charge on any atom is -0.494 e. The van der Waals surface area contributed by atoms with E-state index in [1.165, 1.54) is 13.3 Å². The summed E-state index contributed by atoms with van der Waals surface area (Å²) in [6.45, 7) is 4.37. The van der Waals surface area contributed by atoms with Crippen LogP contribution in [0.4, 0.5) is 11.4 Å². The molecule has 3 aromatic rings. The van der Waals surface area contributed by atoms with Crippen molar-refractivity contribution in [1.29, 1.82) is 0 Å². The number of carbonyl (C=O) groups excluding carboxylic acids is 3. The fourth-order valence-electron chi connectivity index (χ4n) is 3.38. The molecule has 0 aromatic heterocycles. The summed E-state index contributed by atoms with van der Waals surface area (Å²) in [5.74, 6) is -0.828. The Morgan fingerprint density at radius 3 is 2.32 bits per heavy atom. The number of nitrogens with one attached hydrogen (secondary N) is 3. The summed E-state index contributed by atoms with van der Waals surface area (Å²) in [6, 6.07) is 15.5. The number of anilines is 2. The monoisotopic (exact) mass is 688 g/mol. The number of hydrazone groups is 1. The summed E-state index contributed by atoms with van der Waals surface area (Å²) in [4.78, 5) is 36.8. The third-order valence-electron chi connectivity index (χ3n) is 5.51. The van der Waals surface area contributed by atoms with Gasteiger partial charge in [0.1, 0.15) is 5.75 Å². The Morgan fingerprint density at radius 1 is 0.902 bits per heavy atom. The topological polar surface area (TPSA) is 127 Å². The lowest BCUT2D eigenvalue weighted by molar-refractivity contribution is -0.136. The number of carbonyl (C=O) groups is 3. The minimum absolute atomic E-state index is 0.253.